The van der Waals surface area contributed by atoms with Gasteiger partial charge in [0.05, 0.1) is 6.54 Å². The molecule has 0 spiro atoms. The molecule has 66 valence electrons. The lowest BCUT2D eigenvalue weighted by Crippen LogP contribution is -2.20. The summed E-state index contributed by atoms with van der Waals surface area (Å²) in [4.78, 5) is 7.91. The first-order valence-corrected chi connectivity index (χ1v) is 4.98. The van der Waals surface area contributed by atoms with E-state index in [0.717, 1.165) is 18.3 Å². The third-order valence-corrected chi connectivity index (χ3v) is 3.60. The second kappa shape index (κ2) is 2.78. The van der Waals surface area contributed by atoms with Crippen molar-refractivity contribution in [3.05, 3.63) is 10.6 Å². The fraction of sp³-hybridized carbons (Fsp3) is 0.625. The molecule has 0 aromatic carbocycles. The van der Waals surface area contributed by atoms with E-state index in [1.165, 1.54) is 10.6 Å². The summed E-state index contributed by atoms with van der Waals surface area (Å²) >= 11 is 1.73. The largest absolute Gasteiger partial charge is 0.324 e. The van der Waals surface area contributed by atoms with Crippen LogP contribution < -0.4 is 5.73 Å². The quantitative estimate of drug-likeness (QED) is 0.659. The smallest absolute Gasteiger partial charge is 0.168 e. The average molecular weight is 183 g/mol. The van der Waals surface area contributed by atoms with Gasteiger partial charge in [-0.05, 0) is 13.8 Å². The molecule has 0 fully saturated rings. The number of fused-ring (bicyclic) bond motifs is 1. The van der Waals surface area contributed by atoms with Gasteiger partial charge in [-0.15, -0.1) is 0 Å². The zero-order chi connectivity index (χ0) is 8.72. The lowest BCUT2D eigenvalue weighted by Gasteiger charge is -2.12. The molecule has 2 heterocycles. The van der Waals surface area contributed by atoms with Crippen molar-refractivity contribution in [3.63, 3.8) is 0 Å². The van der Waals surface area contributed by atoms with E-state index in [9.17, 15) is 0 Å². The first kappa shape index (κ1) is 8.13. The Morgan fingerprint density at radius 1 is 1.67 bits per heavy atom. The highest BCUT2D eigenvalue weighted by atomic mass is 32.2. The standard InChI is InChI=1S/C8H13N3S/c1-5(9)7-6(2)11-4-3-10-8(11)12-7/h5H,3-4,9H2,1-2H3. The molecule has 1 unspecified atom stereocenters. The Kier molecular flexibility index (Phi) is 1.88. The molecule has 0 aliphatic carbocycles. The van der Waals surface area contributed by atoms with Crippen LogP contribution in [0.4, 0.5) is 0 Å². The van der Waals surface area contributed by atoms with Crippen LogP contribution in [0.2, 0.25) is 0 Å². The molecule has 2 N–H and O–H groups in total. The van der Waals surface area contributed by atoms with Crippen molar-refractivity contribution in [2.24, 2.45) is 10.7 Å². The highest BCUT2D eigenvalue weighted by Crippen LogP contribution is 2.37. The first-order valence-electron chi connectivity index (χ1n) is 4.16. The van der Waals surface area contributed by atoms with E-state index in [0.29, 0.717) is 0 Å². The molecule has 3 nitrogen and oxygen atoms in total. The van der Waals surface area contributed by atoms with Gasteiger partial charge in [-0.3, -0.25) is 4.99 Å². The van der Waals surface area contributed by atoms with Crippen LogP contribution in [0.5, 0.6) is 0 Å². The Hall–Kier alpha value is -0.480. The molecule has 0 bridgehead atoms. The highest BCUT2D eigenvalue weighted by molar-refractivity contribution is 8.17. The molecule has 0 aromatic heterocycles. The zero-order valence-electron chi connectivity index (χ0n) is 7.37. The van der Waals surface area contributed by atoms with Crippen LogP contribution in [0.3, 0.4) is 0 Å². The number of hydrogen-bond acceptors (Lipinski definition) is 4. The van der Waals surface area contributed by atoms with E-state index in [-0.39, 0.29) is 6.04 Å². The van der Waals surface area contributed by atoms with E-state index in [1.54, 1.807) is 11.8 Å². The average Bonchev–Trinajstić information content (AvgIpc) is 2.53. The molecule has 1 atom stereocenters. The minimum atomic E-state index is 0.142. The van der Waals surface area contributed by atoms with Gasteiger partial charge in [-0.1, -0.05) is 11.8 Å². The molecule has 0 amide bonds. The van der Waals surface area contributed by atoms with Crippen LogP contribution >= 0.6 is 11.8 Å². The van der Waals surface area contributed by atoms with E-state index >= 15 is 0 Å². The summed E-state index contributed by atoms with van der Waals surface area (Å²) in [6, 6.07) is 0.142. The molecule has 12 heavy (non-hydrogen) atoms. The van der Waals surface area contributed by atoms with Gasteiger partial charge in [0.1, 0.15) is 0 Å². The van der Waals surface area contributed by atoms with Crippen LogP contribution in [0, 0.1) is 0 Å². The third kappa shape index (κ3) is 1.06. The van der Waals surface area contributed by atoms with Gasteiger partial charge in [0.25, 0.3) is 0 Å². The summed E-state index contributed by atoms with van der Waals surface area (Å²) in [5.74, 6) is 0. The summed E-state index contributed by atoms with van der Waals surface area (Å²) in [5.41, 5.74) is 7.13. The molecule has 2 aliphatic rings. The maximum atomic E-state index is 5.83. The summed E-state index contributed by atoms with van der Waals surface area (Å²) < 4.78 is 0. The van der Waals surface area contributed by atoms with Gasteiger partial charge < -0.3 is 10.6 Å². The summed E-state index contributed by atoms with van der Waals surface area (Å²) in [7, 11) is 0. The van der Waals surface area contributed by atoms with Gasteiger partial charge in [0.2, 0.25) is 0 Å². The molecular weight excluding hydrogens is 170 g/mol. The topological polar surface area (TPSA) is 41.6 Å². The number of rotatable bonds is 1. The Bertz CT molecular complexity index is 267. The van der Waals surface area contributed by atoms with Gasteiger partial charge in [-0.2, -0.15) is 0 Å². The van der Waals surface area contributed by atoms with E-state index < -0.39 is 0 Å². The monoisotopic (exact) mass is 183 g/mol. The third-order valence-electron chi connectivity index (χ3n) is 2.18. The lowest BCUT2D eigenvalue weighted by molar-refractivity contribution is 0.568. The van der Waals surface area contributed by atoms with Gasteiger partial charge >= 0.3 is 0 Å². The van der Waals surface area contributed by atoms with Crippen molar-refractivity contribution in [1.29, 1.82) is 0 Å². The number of nitrogens with two attached hydrogens (primary N) is 1. The Morgan fingerprint density at radius 2 is 2.42 bits per heavy atom. The molecule has 0 radical (unpaired) electrons. The molecule has 2 rings (SSSR count). The van der Waals surface area contributed by atoms with Crippen LogP contribution in [-0.4, -0.2) is 29.2 Å². The van der Waals surface area contributed by atoms with Gasteiger partial charge in [0, 0.05) is 23.2 Å². The maximum Gasteiger partial charge on any atom is 0.168 e. The lowest BCUT2D eigenvalue weighted by atomic mass is 10.3. The van der Waals surface area contributed by atoms with Crippen LogP contribution in [0.25, 0.3) is 0 Å². The maximum absolute atomic E-state index is 5.83. The molecule has 4 heteroatoms. The van der Waals surface area contributed by atoms with Crippen LogP contribution in [0.15, 0.2) is 15.6 Å². The number of amidine groups is 1. The Morgan fingerprint density at radius 3 is 3.00 bits per heavy atom. The minimum absolute atomic E-state index is 0.142. The Labute approximate surface area is 76.7 Å². The minimum Gasteiger partial charge on any atom is -0.324 e. The Balaban J connectivity index is 2.28. The SMILES string of the molecule is CC1=C(C(C)N)SC2=NCCN21. The van der Waals surface area contributed by atoms with E-state index in [1.807, 2.05) is 6.92 Å². The van der Waals surface area contributed by atoms with Crippen LogP contribution in [0.1, 0.15) is 13.8 Å². The second-order valence-corrected chi connectivity index (χ2v) is 4.17. The van der Waals surface area contributed by atoms with Crippen molar-refractivity contribution in [1.82, 2.24) is 4.90 Å². The molecule has 0 saturated heterocycles. The normalized spacial score (nSPS) is 24.6. The van der Waals surface area contributed by atoms with E-state index in [2.05, 4.69) is 16.8 Å². The molecule has 0 aromatic rings. The fourth-order valence-corrected chi connectivity index (χ4v) is 2.69. The number of aliphatic imine (C=N–C) groups is 1. The molecular formula is C8H13N3S. The summed E-state index contributed by atoms with van der Waals surface area (Å²) in [6.07, 6.45) is 0. The second-order valence-electron chi connectivity index (χ2n) is 3.16. The number of hydrogen-bond donors (Lipinski definition) is 1. The predicted molar refractivity (Wildman–Crippen MR) is 52.9 cm³/mol. The molecule has 0 saturated carbocycles. The van der Waals surface area contributed by atoms with Crippen molar-refractivity contribution in [2.45, 2.75) is 19.9 Å². The zero-order valence-corrected chi connectivity index (χ0v) is 8.19. The fourth-order valence-electron chi connectivity index (χ4n) is 1.55. The number of nitrogens with zero attached hydrogens (tertiary/aromatic N) is 2. The molecule has 2 aliphatic heterocycles. The van der Waals surface area contributed by atoms with Crippen molar-refractivity contribution in [2.75, 3.05) is 13.1 Å². The van der Waals surface area contributed by atoms with Crippen molar-refractivity contribution >= 4 is 16.9 Å². The van der Waals surface area contributed by atoms with Crippen molar-refractivity contribution < 1.29 is 0 Å². The summed E-state index contributed by atoms with van der Waals surface area (Å²) in [6.45, 7) is 6.12. The van der Waals surface area contributed by atoms with Crippen molar-refractivity contribution in [3.8, 4) is 0 Å². The number of allylic oxidation sites excluding steroid dienone is 1. The predicted octanol–water partition coefficient (Wildman–Crippen LogP) is 0.984. The summed E-state index contributed by atoms with van der Waals surface area (Å²) in [5, 5.41) is 1.14. The number of thioether (sulfide) groups is 1. The highest BCUT2D eigenvalue weighted by Gasteiger charge is 2.30. The van der Waals surface area contributed by atoms with Gasteiger partial charge in [-0.25, -0.2) is 0 Å². The first-order chi connectivity index (χ1) is 5.70. The van der Waals surface area contributed by atoms with E-state index in [4.69, 9.17) is 5.73 Å². The van der Waals surface area contributed by atoms with Gasteiger partial charge in [0.15, 0.2) is 5.17 Å². The van der Waals surface area contributed by atoms with Crippen LogP contribution in [-0.2, 0) is 0 Å².